The van der Waals surface area contributed by atoms with Gasteiger partial charge in [-0.3, -0.25) is 14.5 Å². The van der Waals surface area contributed by atoms with Crippen LogP contribution in [0.15, 0.2) is 42.5 Å². The highest BCUT2D eigenvalue weighted by atomic mass is 16.5. The molecule has 2 N–H and O–H groups in total. The highest BCUT2D eigenvalue weighted by Crippen LogP contribution is 2.39. The minimum atomic E-state index is -0.116. The Kier molecular flexibility index (Phi) is 8.95. The highest BCUT2D eigenvalue weighted by molar-refractivity contribution is 5.93. The van der Waals surface area contributed by atoms with E-state index in [4.69, 9.17) is 14.2 Å². The molecule has 0 radical (unpaired) electrons. The Bertz CT molecular complexity index is 902. The van der Waals surface area contributed by atoms with Gasteiger partial charge in [-0.25, -0.2) is 0 Å². The molecule has 3 rings (SSSR count). The summed E-state index contributed by atoms with van der Waals surface area (Å²) in [5.41, 5.74) is 1.75. The topological polar surface area (TPSA) is 89.1 Å². The molecule has 1 fully saturated rings. The zero-order chi connectivity index (χ0) is 23.6. The molecule has 0 spiro atoms. The Labute approximate surface area is 195 Å². The van der Waals surface area contributed by atoms with Gasteiger partial charge in [0.15, 0.2) is 11.5 Å². The van der Waals surface area contributed by atoms with Gasteiger partial charge in [0.2, 0.25) is 17.6 Å². The molecule has 2 amide bonds. The van der Waals surface area contributed by atoms with Crippen LogP contribution in [-0.4, -0.2) is 63.7 Å². The summed E-state index contributed by atoms with van der Waals surface area (Å²) in [6.07, 6.45) is 2.89. The van der Waals surface area contributed by atoms with Crippen LogP contribution in [0, 0.1) is 0 Å². The first-order chi connectivity index (χ1) is 16.0. The predicted molar refractivity (Wildman–Crippen MR) is 127 cm³/mol. The maximum Gasteiger partial charge on any atom is 0.238 e. The Morgan fingerprint density at radius 3 is 2.15 bits per heavy atom. The number of ether oxygens (including phenoxy) is 3. The third kappa shape index (κ3) is 7.12. The van der Waals surface area contributed by atoms with Crippen molar-refractivity contribution in [2.24, 2.45) is 0 Å². The van der Waals surface area contributed by atoms with Gasteiger partial charge in [0.25, 0.3) is 0 Å². The van der Waals surface area contributed by atoms with Crippen LogP contribution in [-0.2, 0) is 16.0 Å². The van der Waals surface area contributed by atoms with Crippen molar-refractivity contribution in [2.45, 2.75) is 31.7 Å². The van der Waals surface area contributed by atoms with Crippen molar-refractivity contribution < 1.29 is 23.8 Å². The molecule has 0 unspecified atom stereocenters. The van der Waals surface area contributed by atoms with Crippen molar-refractivity contribution in [3.63, 3.8) is 0 Å². The van der Waals surface area contributed by atoms with Crippen LogP contribution >= 0.6 is 0 Å². The number of amides is 2. The average Bonchev–Trinajstić information content (AvgIpc) is 2.84. The third-order valence-electron chi connectivity index (χ3n) is 5.75. The molecule has 0 aliphatic carbocycles. The number of carbonyl (C=O) groups is 2. The average molecular weight is 456 g/mol. The minimum Gasteiger partial charge on any atom is -0.493 e. The third-order valence-corrected chi connectivity index (χ3v) is 5.75. The summed E-state index contributed by atoms with van der Waals surface area (Å²) in [5.74, 6) is 1.41. The number of benzene rings is 2. The molecule has 8 heteroatoms. The lowest BCUT2D eigenvalue weighted by atomic mass is 10.0. The second kappa shape index (κ2) is 12.1. The molecule has 1 heterocycles. The standard InChI is InChI=1S/C25H33N3O5/c1-31-21-15-20(16-22(32-2)25(21)33-3)27-24(30)17-28-13-11-19(12-14-28)26-23(29)10-9-18-7-5-4-6-8-18/h4-8,15-16,19H,9-14,17H2,1-3H3,(H,26,29)(H,27,30). The molecule has 0 saturated carbocycles. The van der Waals surface area contributed by atoms with Gasteiger partial charge in [0, 0.05) is 43.4 Å². The predicted octanol–water partition coefficient (Wildman–Crippen LogP) is 2.86. The first-order valence-corrected chi connectivity index (χ1v) is 11.2. The number of hydrogen-bond donors (Lipinski definition) is 2. The van der Waals surface area contributed by atoms with E-state index >= 15 is 0 Å². The number of nitrogens with one attached hydrogen (secondary N) is 2. The Hall–Kier alpha value is -3.26. The van der Waals surface area contributed by atoms with Gasteiger partial charge >= 0.3 is 0 Å². The van der Waals surface area contributed by atoms with Crippen molar-refractivity contribution in [1.82, 2.24) is 10.2 Å². The second-order valence-corrected chi connectivity index (χ2v) is 8.07. The summed E-state index contributed by atoms with van der Waals surface area (Å²) in [6.45, 7) is 1.80. The zero-order valence-corrected chi connectivity index (χ0v) is 19.6. The first kappa shape index (κ1) is 24.4. The molecule has 8 nitrogen and oxygen atoms in total. The van der Waals surface area contributed by atoms with Crippen LogP contribution in [0.4, 0.5) is 5.69 Å². The minimum absolute atomic E-state index is 0.0810. The number of hydrogen-bond acceptors (Lipinski definition) is 6. The molecular weight excluding hydrogens is 422 g/mol. The summed E-state index contributed by atoms with van der Waals surface area (Å²) in [5, 5.41) is 6.03. The molecule has 33 heavy (non-hydrogen) atoms. The van der Waals surface area contributed by atoms with E-state index < -0.39 is 0 Å². The van der Waals surface area contributed by atoms with E-state index in [1.807, 2.05) is 30.3 Å². The number of likely N-dealkylation sites (tertiary alicyclic amines) is 1. The number of piperidine rings is 1. The molecule has 178 valence electrons. The molecule has 0 atom stereocenters. The molecule has 1 saturated heterocycles. The number of nitrogens with zero attached hydrogens (tertiary/aromatic N) is 1. The van der Waals surface area contributed by atoms with Crippen molar-refractivity contribution in [3.8, 4) is 17.2 Å². The zero-order valence-electron chi connectivity index (χ0n) is 19.6. The molecule has 1 aliphatic rings. The monoisotopic (exact) mass is 455 g/mol. The van der Waals surface area contributed by atoms with Crippen LogP contribution in [0.25, 0.3) is 0 Å². The Morgan fingerprint density at radius 1 is 0.939 bits per heavy atom. The number of methoxy groups -OCH3 is 3. The van der Waals surface area contributed by atoms with Crippen LogP contribution in [0.5, 0.6) is 17.2 Å². The number of rotatable bonds is 10. The largest absolute Gasteiger partial charge is 0.493 e. The van der Waals surface area contributed by atoms with E-state index in [0.717, 1.165) is 32.4 Å². The van der Waals surface area contributed by atoms with E-state index in [-0.39, 0.29) is 24.4 Å². The van der Waals surface area contributed by atoms with Gasteiger partial charge in [-0.15, -0.1) is 0 Å². The van der Waals surface area contributed by atoms with E-state index in [0.29, 0.717) is 29.4 Å². The number of carbonyl (C=O) groups excluding carboxylic acids is 2. The maximum atomic E-state index is 12.6. The maximum absolute atomic E-state index is 12.6. The summed E-state index contributed by atoms with van der Waals surface area (Å²) in [6, 6.07) is 13.6. The second-order valence-electron chi connectivity index (χ2n) is 8.07. The van der Waals surface area contributed by atoms with Crippen LogP contribution < -0.4 is 24.8 Å². The summed E-state index contributed by atoms with van der Waals surface area (Å²) < 4.78 is 16.0. The lowest BCUT2D eigenvalue weighted by molar-refractivity contribution is -0.122. The number of anilines is 1. The van der Waals surface area contributed by atoms with Gasteiger partial charge in [-0.1, -0.05) is 30.3 Å². The smallest absolute Gasteiger partial charge is 0.238 e. The van der Waals surface area contributed by atoms with E-state index in [2.05, 4.69) is 15.5 Å². The molecule has 1 aliphatic heterocycles. The fraction of sp³-hybridized carbons (Fsp3) is 0.440. The van der Waals surface area contributed by atoms with E-state index in [1.54, 1.807) is 12.1 Å². The molecule has 0 aromatic heterocycles. The fourth-order valence-electron chi connectivity index (χ4n) is 3.99. The van der Waals surface area contributed by atoms with Gasteiger partial charge < -0.3 is 24.8 Å². The van der Waals surface area contributed by atoms with Crippen LogP contribution in [0.3, 0.4) is 0 Å². The first-order valence-electron chi connectivity index (χ1n) is 11.2. The fourth-order valence-corrected chi connectivity index (χ4v) is 3.99. The quantitative estimate of drug-likeness (QED) is 0.573. The SMILES string of the molecule is COc1cc(NC(=O)CN2CCC(NC(=O)CCc3ccccc3)CC2)cc(OC)c1OC. The van der Waals surface area contributed by atoms with Crippen LogP contribution in [0.1, 0.15) is 24.8 Å². The summed E-state index contributed by atoms with van der Waals surface area (Å²) in [4.78, 5) is 27.0. The van der Waals surface area contributed by atoms with Gasteiger partial charge in [0.05, 0.1) is 27.9 Å². The van der Waals surface area contributed by atoms with Crippen molar-refractivity contribution in [2.75, 3.05) is 46.3 Å². The summed E-state index contributed by atoms with van der Waals surface area (Å²) in [7, 11) is 4.61. The molecule has 2 aromatic rings. The Balaban J connectivity index is 1.42. The van der Waals surface area contributed by atoms with Gasteiger partial charge in [-0.05, 0) is 24.8 Å². The van der Waals surface area contributed by atoms with Crippen molar-refractivity contribution in [3.05, 3.63) is 48.0 Å². The van der Waals surface area contributed by atoms with Crippen molar-refractivity contribution in [1.29, 1.82) is 0 Å². The molecular formula is C25H33N3O5. The lowest BCUT2D eigenvalue weighted by Gasteiger charge is -2.31. The van der Waals surface area contributed by atoms with E-state index in [1.165, 1.54) is 26.9 Å². The molecule has 0 bridgehead atoms. The molecule has 2 aromatic carbocycles. The van der Waals surface area contributed by atoms with Crippen LogP contribution in [0.2, 0.25) is 0 Å². The van der Waals surface area contributed by atoms with Gasteiger partial charge in [0.1, 0.15) is 0 Å². The normalized spacial score (nSPS) is 14.4. The van der Waals surface area contributed by atoms with Crippen molar-refractivity contribution >= 4 is 17.5 Å². The lowest BCUT2D eigenvalue weighted by Crippen LogP contribution is -2.46. The van der Waals surface area contributed by atoms with E-state index in [9.17, 15) is 9.59 Å². The summed E-state index contributed by atoms with van der Waals surface area (Å²) >= 11 is 0. The Morgan fingerprint density at radius 2 is 1.58 bits per heavy atom. The number of aryl methyl sites for hydroxylation is 1. The highest BCUT2D eigenvalue weighted by Gasteiger charge is 2.22. The van der Waals surface area contributed by atoms with Gasteiger partial charge in [-0.2, -0.15) is 0 Å².